The summed E-state index contributed by atoms with van der Waals surface area (Å²) in [5, 5.41) is 18.0. The number of nitrogens with two attached hydrogens (primary N) is 1. The third-order valence-corrected chi connectivity index (χ3v) is 3.58. The summed E-state index contributed by atoms with van der Waals surface area (Å²) in [5.74, 6) is -0.450. The zero-order valence-corrected chi connectivity index (χ0v) is 11.4. The molecule has 1 fully saturated rings. The van der Waals surface area contributed by atoms with Gasteiger partial charge in [0.2, 0.25) is 5.91 Å². The Bertz CT molecular complexity index is 619. The van der Waals surface area contributed by atoms with Crippen molar-refractivity contribution in [1.82, 2.24) is 4.90 Å². The van der Waals surface area contributed by atoms with E-state index in [2.05, 4.69) is 0 Å². The van der Waals surface area contributed by atoms with E-state index in [0.29, 0.717) is 11.1 Å². The quantitative estimate of drug-likeness (QED) is 0.892. The van der Waals surface area contributed by atoms with Gasteiger partial charge in [0.05, 0.1) is 30.3 Å². The molecule has 1 saturated heterocycles. The molecule has 1 heterocycles. The number of alkyl halides is 1. The van der Waals surface area contributed by atoms with E-state index in [4.69, 9.17) is 16.3 Å². The van der Waals surface area contributed by atoms with Crippen LogP contribution in [0.4, 0.5) is 4.39 Å². The molecule has 0 saturated carbocycles. The Morgan fingerprint density at radius 1 is 1.48 bits per heavy atom. The normalized spacial score (nSPS) is 22.4. The Hall–Kier alpha value is -2.44. The van der Waals surface area contributed by atoms with Crippen molar-refractivity contribution >= 4 is 5.91 Å². The summed E-state index contributed by atoms with van der Waals surface area (Å²) in [6.45, 7) is -0.0926. The van der Waals surface area contributed by atoms with Crippen molar-refractivity contribution in [2.75, 3.05) is 6.54 Å². The van der Waals surface area contributed by atoms with Gasteiger partial charge in [0.15, 0.2) is 0 Å². The highest BCUT2D eigenvalue weighted by Gasteiger charge is 2.37. The van der Waals surface area contributed by atoms with Gasteiger partial charge in [-0.3, -0.25) is 4.79 Å². The van der Waals surface area contributed by atoms with Crippen LogP contribution in [-0.2, 0) is 11.2 Å². The number of carbonyl (C=O) groups is 1. The van der Waals surface area contributed by atoms with Gasteiger partial charge in [0, 0.05) is 6.42 Å². The second-order valence-corrected chi connectivity index (χ2v) is 5.05. The Labute approximate surface area is 122 Å². The number of halogens is 1. The lowest BCUT2D eigenvalue weighted by atomic mass is 10.0. The van der Waals surface area contributed by atoms with Crippen molar-refractivity contribution in [3.05, 3.63) is 35.4 Å². The summed E-state index contributed by atoms with van der Waals surface area (Å²) in [6, 6.07) is 9.20. The minimum absolute atomic E-state index is 0.0315. The Morgan fingerprint density at radius 2 is 2.19 bits per heavy atom. The molecule has 2 rings (SSSR count). The Morgan fingerprint density at radius 3 is 2.86 bits per heavy atom. The van der Waals surface area contributed by atoms with Crippen LogP contribution in [0.2, 0.25) is 0 Å². The van der Waals surface area contributed by atoms with Crippen LogP contribution in [0.3, 0.4) is 0 Å². The highest BCUT2D eigenvalue weighted by Crippen LogP contribution is 2.21. The molecule has 6 heteroatoms. The predicted octanol–water partition coefficient (Wildman–Crippen LogP) is 0.891. The van der Waals surface area contributed by atoms with Crippen molar-refractivity contribution in [3.63, 3.8) is 0 Å². The molecule has 1 amide bonds. The molecule has 0 aliphatic carbocycles. The molecule has 5 nitrogen and oxygen atoms in total. The second-order valence-electron chi connectivity index (χ2n) is 5.05. The highest BCUT2D eigenvalue weighted by atomic mass is 19.1. The molecule has 0 bridgehead atoms. The maximum Gasteiger partial charge on any atom is 0.241 e. The molecular weight excluding hydrogens is 271 g/mol. The summed E-state index contributed by atoms with van der Waals surface area (Å²) in [7, 11) is 0. The maximum atomic E-state index is 13.4. The molecule has 21 heavy (non-hydrogen) atoms. The minimum atomic E-state index is -1.18. The molecule has 0 spiro atoms. The van der Waals surface area contributed by atoms with Gasteiger partial charge in [-0.25, -0.2) is 4.39 Å². The SMILES string of the molecule is N#Cc1ccccc1C[C@H](N)C(=O)N1C[C@@H](F)C[C@H]1C#N. The van der Waals surface area contributed by atoms with Crippen LogP contribution in [0.1, 0.15) is 17.5 Å². The van der Waals surface area contributed by atoms with E-state index in [1.807, 2.05) is 12.1 Å². The number of nitrogens with zero attached hydrogens (tertiary/aromatic N) is 3. The van der Waals surface area contributed by atoms with Crippen LogP contribution in [0.5, 0.6) is 0 Å². The monoisotopic (exact) mass is 286 g/mol. The van der Waals surface area contributed by atoms with Gasteiger partial charge < -0.3 is 10.6 Å². The molecule has 0 aromatic heterocycles. The van der Waals surface area contributed by atoms with Gasteiger partial charge >= 0.3 is 0 Å². The van der Waals surface area contributed by atoms with E-state index < -0.39 is 24.2 Å². The summed E-state index contributed by atoms with van der Waals surface area (Å²) < 4.78 is 13.4. The second kappa shape index (κ2) is 6.34. The lowest BCUT2D eigenvalue weighted by Crippen LogP contribution is -2.47. The van der Waals surface area contributed by atoms with Crippen LogP contribution in [-0.4, -0.2) is 35.6 Å². The molecule has 1 aromatic rings. The largest absolute Gasteiger partial charge is 0.322 e. The first-order valence-corrected chi connectivity index (χ1v) is 6.64. The topological polar surface area (TPSA) is 93.9 Å². The fourth-order valence-electron chi connectivity index (χ4n) is 2.50. The number of benzene rings is 1. The van der Waals surface area contributed by atoms with Crippen LogP contribution in [0, 0.1) is 22.7 Å². The van der Waals surface area contributed by atoms with E-state index in [9.17, 15) is 9.18 Å². The Balaban J connectivity index is 2.10. The van der Waals surface area contributed by atoms with Crippen molar-refractivity contribution in [2.24, 2.45) is 5.73 Å². The third kappa shape index (κ3) is 3.18. The van der Waals surface area contributed by atoms with Crippen LogP contribution in [0.25, 0.3) is 0 Å². The molecule has 0 unspecified atom stereocenters. The van der Waals surface area contributed by atoms with Gasteiger partial charge in [0.25, 0.3) is 0 Å². The first kappa shape index (κ1) is 15.0. The summed E-state index contributed by atoms with van der Waals surface area (Å²) in [6.07, 6.45) is -0.963. The number of rotatable bonds is 3. The van der Waals surface area contributed by atoms with Gasteiger partial charge in [-0.15, -0.1) is 0 Å². The van der Waals surface area contributed by atoms with Crippen LogP contribution >= 0.6 is 0 Å². The number of carbonyl (C=O) groups excluding carboxylic acids is 1. The predicted molar refractivity (Wildman–Crippen MR) is 73.5 cm³/mol. The fourth-order valence-corrected chi connectivity index (χ4v) is 2.50. The maximum absolute atomic E-state index is 13.4. The number of nitriles is 2. The molecule has 3 atom stereocenters. The first-order valence-electron chi connectivity index (χ1n) is 6.64. The fraction of sp³-hybridized carbons (Fsp3) is 0.400. The first-order chi connectivity index (χ1) is 10.1. The number of likely N-dealkylation sites (tertiary alicyclic amines) is 1. The zero-order valence-electron chi connectivity index (χ0n) is 11.4. The highest BCUT2D eigenvalue weighted by molar-refractivity contribution is 5.83. The summed E-state index contributed by atoms with van der Waals surface area (Å²) in [5.41, 5.74) is 7.01. The molecule has 1 aromatic carbocycles. The van der Waals surface area contributed by atoms with Gasteiger partial charge in [-0.1, -0.05) is 18.2 Å². The molecule has 1 aliphatic rings. The smallest absolute Gasteiger partial charge is 0.241 e. The number of hydrogen-bond donors (Lipinski definition) is 1. The number of amides is 1. The standard InChI is InChI=1S/C15H15FN4O/c16-12-6-13(8-18)20(9-12)15(21)14(19)5-10-3-1-2-4-11(10)7-17/h1-4,12-14H,5-6,9,19H2/t12-,13-,14-/m0/s1. The Kier molecular flexibility index (Phi) is 4.52. The summed E-state index contributed by atoms with van der Waals surface area (Å²) >= 11 is 0. The summed E-state index contributed by atoms with van der Waals surface area (Å²) in [4.78, 5) is 13.5. The van der Waals surface area contributed by atoms with Gasteiger partial charge in [-0.2, -0.15) is 10.5 Å². The van der Waals surface area contributed by atoms with Crippen molar-refractivity contribution in [2.45, 2.75) is 31.1 Å². The van der Waals surface area contributed by atoms with Crippen molar-refractivity contribution in [1.29, 1.82) is 10.5 Å². The van der Waals surface area contributed by atoms with E-state index in [-0.39, 0.29) is 19.4 Å². The lowest BCUT2D eigenvalue weighted by Gasteiger charge is -2.23. The van der Waals surface area contributed by atoms with E-state index in [1.54, 1.807) is 24.3 Å². The van der Waals surface area contributed by atoms with E-state index in [1.165, 1.54) is 4.90 Å². The molecule has 1 aliphatic heterocycles. The average molecular weight is 286 g/mol. The van der Waals surface area contributed by atoms with Gasteiger partial charge in [-0.05, 0) is 18.1 Å². The zero-order chi connectivity index (χ0) is 15.4. The molecule has 2 N–H and O–H groups in total. The van der Waals surface area contributed by atoms with Crippen LogP contribution in [0.15, 0.2) is 24.3 Å². The average Bonchev–Trinajstić information content (AvgIpc) is 2.88. The lowest BCUT2D eigenvalue weighted by molar-refractivity contribution is -0.132. The molecular formula is C15H15FN4O. The van der Waals surface area contributed by atoms with Gasteiger partial charge in [0.1, 0.15) is 12.2 Å². The van der Waals surface area contributed by atoms with E-state index >= 15 is 0 Å². The minimum Gasteiger partial charge on any atom is -0.322 e. The third-order valence-electron chi connectivity index (χ3n) is 3.58. The molecule has 108 valence electrons. The van der Waals surface area contributed by atoms with Crippen molar-refractivity contribution in [3.8, 4) is 12.1 Å². The molecule has 0 radical (unpaired) electrons. The van der Waals surface area contributed by atoms with E-state index in [0.717, 1.165) is 0 Å². The number of hydrogen-bond acceptors (Lipinski definition) is 4. The van der Waals surface area contributed by atoms with Crippen LogP contribution < -0.4 is 5.73 Å². The van der Waals surface area contributed by atoms with Crippen molar-refractivity contribution < 1.29 is 9.18 Å².